The predicted octanol–water partition coefficient (Wildman–Crippen LogP) is 3.88. The highest BCUT2D eigenvalue weighted by Crippen LogP contribution is 2.27. The van der Waals surface area contributed by atoms with Gasteiger partial charge in [0.15, 0.2) is 0 Å². The molecule has 0 aromatic heterocycles. The van der Waals surface area contributed by atoms with E-state index in [-0.39, 0.29) is 0 Å². The van der Waals surface area contributed by atoms with Crippen LogP contribution < -0.4 is 15.6 Å². The van der Waals surface area contributed by atoms with Crippen LogP contribution in [0.4, 0.5) is 0 Å². The third-order valence-corrected chi connectivity index (χ3v) is 20.5. The molecule has 0 radical (unpaired) electrons. The van der Waals surface area contributed by atoms with Crippen LogP contribution in [0.1, 0.15) is 13.8 Å². The molecule has 0 unspecified atom stereocenters. The summed E-state index contributed by atoms with van der Waals surface area (Å²) in [5.74, 6) is 0. The number of rotatable bonds is 8. The predicted molar refractivity (Wildman–Crippen MR) is 129 cm³/mol. The van der Waals surface area contributed by atoms with Crippen LogP contribution >= 0.6 is 0 Å². The first-order chi connectivity index (χ1) is 13.8. The Labute approximate surface area is 177 Å². The van der Waals surface area contributed by atoms with Gasteiger partial charge in [0.05, 0.1) is 12.2 Å². The van der Waals surface area contributed by atoms with Gasteiger partial charge < -0.3 is 9.16 Å². The lowest BCUT2D eigenvalue weighted by Gasteiger charge is -2.48. The van der Waals surface area contributed by atoms with Crippen LogP contribution in [0, 0.1) is 0 Å². The molecule has 29 heavy (non-hydrogen) atoms. The minimum atomic E-state index is -2.63. The standard InChI is InChI=1S/C25H32O2Si2/c1-25(2,21-26-3)27-29(23-17-11-7-12-18-23,24-19-13-8-14-20-24)28(4,5)22-15-9-6-10-16-22/h6-20H,21H2,1-5H3. The van der Waals surface area contributed by atoms with Crippen molar-refractivity contribution < 1.29 is 9.16 Å². The maximum absolute atomic E-state index is 7.33. The average molecular weight is 421 g/mol. The van der Waals surface area contributed by atoms with Gasteiger partial charge in [0.1, 0.15) is 7.59 Å². The Morgan fingerprint density at radius 2 is 1.03 bits per heavy atom. The molecule has 0 aliphatic heterocycles. The summed E-state index contributed by atoms with van der Waals surface area (Å²) in [5, 5.41) is 4.08. The van der Waals surface area contributed by atoms with Gasteiger partial charge in [0.25, 0.3) is 0 Å². The fourth-order valence-corrected chi connectivity index (χ4v) is 18.9. The molecular formula is C25H32O2Si2. The van der Waals surface area contributed by atoms with Crippen molar-refractivity contribution in [1.82, 2.24) is 0 Å². The molecular weight excluding hydrogens is 388 g/mol. The number of benzene rings is 3. The fraction of sp³-hybridized carbons (Fsp3) is 0.280. The number of methoxy groups -OCH3 is 1. The third-order valence-electron chi connectivity index (χ3n) is 5.66. The van der Waals surface area contributed by atoms with Gasteiger partial charge in [-0.05, 0) is 24.2 Å². The van der Waals surface area contributed by atoms with E-state index in [1.54, 1.807) is 7.11 Å². The lowest BCUT2D eigenvalue weighted by molar-refractivity contribution is 0.0167. The average Bonchev–Trinajstić information content (AvgIpc) is 2.74. The Hall–Kier alpha value is -1.99. The van der Waals surface area contributed by atoms with Gasteiger partial charge in [-0.2, -0.15) is 0 Å². The second-order valence-electron chi connectivity index (χ2n) is 8.70. The summed E-state index contributed by atoms with van der Waals surface area (Å²) in [6.45, 7) is 9.80. The van der Waals surface area contributed by atoms with Crippen LogP contribution in [0.3, 0.4) is 0 Å². The highest BCUT2D eigenvalue weighted by Gasteiger charge is 2.57. The van der Waals surface area contributed by atoms with E-state index in [4.69, 9.17) is 9.16 Å². The van der Waals surface area contributed by atoms with Crippen LogP contribution in [-0.4, -0.2) is 34.7 Å². The first-order valence-electron chi connectivity index (χ1n) is 10.2. The lowest BCUT2D eigenvalue weighted by atomic mass is 10.2. The van der Waals surface area contributed by atoms with Crippen LogP contribution in [0.15, 0.2) is 91.0 Å². The maximum atomic E-state index is 7.33. The Morgan fingerprint density at radius 1 is 0.655 bits per heavy atom. The summed E-state index contributed by atoms with van der Waals surface area (Å²) in [4.78, 5) is 0. The van der Waals surface area contributed by atoms with Gasteiger partial charge in [-0.1, -0.05) is 109 Å². The highest BCUT2D eigenvalue weighted by molar-refractivity contribution is 7.52. The van der Waals surface area contributed by atoms with Crippen molar-refractivity contribution in [2.45, 2.75) is 32.5 Å². The first kappa shape index (κ1) is 21.7. The molecule has 2 nitrogen and oxygen atoms in total. The van der Waals surface area contributed by atoms with Gasteiger partial charge in [-0.25, -0.2) is 0 Å². The summed E-state index contributed by atoms with van der Waals surface area (Å²) in [6, 6.07) is 32.8. The summed E-state index contributed by atoms with van der Waals surface area (Å²) in [6.07, 6.45) is 0. The van der Waals surface area contributed by atoms with Crippen molar-refractivity contribution in [3.63, 3.8) is 0 Å². The largest absolute Gasteiger partial charge is 0.403 e. The monoisotopic (exact) mass is 420 g/mol. The summed E-state index contributed by atoms with van der Waals surface area (Å²) in [7, 11) is -3.00. The molecule has 0 amide bonds. The molecule has 3 aromatic rings. The second kappa shape index (κ2) is 8.80. The van der Waals surface area contributed by atoms with E-state index in [1.807, 2.05) is 0 Å². The van der Waals surface area contributed by atoms with Gasteiger partial charge in [-0.3, -0.25) is 0 Å². The van der Waals surface area contributed by atoms with Gasteiger partial charge in [0, 0.05) is 7.11 Å². The Morgan fingerprint density at radius 3 is 1.41 bits per heavy atom. The van der Waals surface area contributed by atoms with E-state index in [2.05, 4.69) is 118 Å². The van der Waals surface area contributed by atoms with Crippen molar-refractivity contribution in [3.05, 3.63) is 91.0 Å². The summed E-state index contributed by atoms with van der Waals surface area (Å²) < 4.78 is 12.9. The van der Waals surface area contributed by atoms with Crippen molar-refractivity contribution in [3.8, 4) is 0 Å². The molecule has 0 saturated carbocycles. The molecule has 0 N–H and O–H groups in total. The van der Waals surface area contributed by atoms with Crippen molar-refractivity contribution in [1.29, 1.82) is 0 Å². The third kappa shape index (κ3) is 4.31. The van der Waals surface area contributed by atoms with Gasteiger partial charge in [-0.15, -0.1) is 0 Å². The number of hydrogen-bond donors (Lipinski definition) is 0. The van der Waals surface area contributed by atoms with E-state index in [0.717, 1.165) is 0 Å². The minimum Gasteiger partial charge on any atom is -0.403 e. The molecule has 0 heterocycles. The van der Waals surface area contributed by atoms with E-state index < -0.39 is 21.0 Å². The van der Waals surface area contributed by atoms with E-state index >= 15 is 0 Å². The molecule has 3 aromatic carbocycles. The lowest BCUT2D eigenvalue weighted by Crippen LogP contribution is -2.81. The zero-order valence-electron chi connectivity index (χ0n) is 18.2. The normalized spacial score (nSPS) is 12.7. The van der Waals surface area contributed by atoms with Crippen LogP contribution in [0.25, 0.3) is 0 Å². The molecule has 0 spiro atoms. The van der Waals surface area contributed by atoms with Gasteiger partial charge in [0.2, 0.25) is 7.83 Å². The summed E-state index contributed by atoms with van der Waals surface area (Å²) in [5.41, 5.74) is -0.397. The fourth-order valence-electron chi connectivity index (χ4n) is 4.33. The molecule has 0 aliphatic carbocycles. The van der Waals surface area contributed by atoms with Crippen molar-refractivity contribution >= 4 is 31.0 Å². The minimum absolute atomic E-state index is 0.397. The zero-order chi connectivity index (χ0) is 21.0. The van der Waals surface area contributed by atoms with Crippen molar-refractivity contribution in [2.24, 2.45) is 0 Å². The summed E-state index contributed by atoms with van der Waals surface area (Å²) >= 11 is 0. The van der Waals surface area contributed by atoms with E-state index in [9.17, 15) is 0 Å². The molecule has 0 saturated heterocycles. The smallest absolute Gasteiger partial charge is 0.246 e. The quantitative estimate of drug-likeness (QED) is 0.515. The zero-order valence-corrected chi connectivity index (χ0v) is 20.2. The number of ether oxygens (including phenoxy) is 1. The van der Waals surface area contributed by atoms with Gasteiger partial charge >= 0.3 is 0 Å². The Balaban J connectivity index is 2.34. The molecule has 0 atom stereocenters. The topological polar surface area (TPSA) is 18.5 Å². The molecule has 0 bridgehead atoms. The Kier molecular flexibility index (Phi) is 6.59. The first-order valence-corrected chi connectivity index (χ1v) is 16.1. The Bertz CT molecular complexity index is 854. The maximum Gasteiger partial charge on any atom is 0.246 e. The van der Waals surface area contributed by atoms with Crippen LogP contribution in [0.5, 0.6) is 0 Å². The van der Waals surface area contributed by atoms with Crippen LogP contribution in [0.2, 0.25) is 13.1 Å². The highest BCUT2D eigenvalue weighted by atomic mass is 29.3. The molecule has 0 fully saturated rings. The molecule has 4 heteroatoms. The van der Waals surface area contributed by atoms with E-state index in [1.165, 1.54) is 15.6 Å². The van der Waals surface area contributed by atoms with Crippen molar-refractivity contribution in [2.75, 3.05) is 13.7 Å². The number of hydrogen-bond acceptors (Lipinski definition) is 2. The molecule has 152 valence electrons. The molecule has 0 aliphatic rings. The van der Waals surface area contributed by atoms with E-state index in [0.29, 0.717) is 6.61 Å². The SMILES string of the molecule is COCC(C)(C)O[Si](c1ccccc1)(c1ccccc1)[Si](C)(C)c1ccccc1. The second-order valence-corrected chi connectivity index (χ2v) is 21.1. The molecule has 3 rings (SSSR count). The van der Waals surface area contributed by atoms with Crippen LogP contribution in [-0.2, 0) is 9.16 Å².